The standard InChI is InChI=1S/C32H36N6O2/c1-24-8-3-4-11-29(24)36-17-19-37(20-18-36)30-14-13-27(22-28(30)35-25(2)31-12-7-21-40-31)32(39)38(33)16-6-10-26-9-5-15-34-23-26/h3-5,7-9,11-15,21-23,35H,2,6,10,16-20,33H2,1H3. The van der Waals surface area contributed by atoms with Gasteiger partial charge in [-0.15, -0.1) is 0 Å². The Morgan fingerprint density at radius 3 is 2.50 bits per heavy atom. The highest BCUT2D eigenvalue weighted by Crippen LogP contribution is 2.32. The molecule has 1 fully saturated rings. The summed E-state index contributed by atoms with van der Waals surface area (Å²) >= 11 is 0. The second kappa shape index (κ2) is 12.5. The van der Waals surface area contributed by atoms with Gasteiger partial charge in [-0.2, -0.15) is 0 Å². The van der Waals surface area contributed by atoms with E-state index in [4.69, 9.17) is 10.3 Å². The van der Waals surface area contributed by atoms with Crippen LogP contribution in [0.1, 0.15) is 33.7 Å². The minimum Gasteiger partial charge on any atom is -0.463 e. The number of hydrogen-bond donors (Lipinski definition) is 2. The van der Waals surface area contributed by atoms with E-state index < -0.39 is 0 Å². The molecule has 1 aliphatic heterocycles. The molecule has 3 N–H and O–H groups in total. The fourth-order valence-corrected chi connectivity index (χ4v) is 5.09. The van der Waals surface area contributed by atoms with Crippen LogP contribution in [-0.2, 0) is 6.42 Å². The Kier molecular flexibility index (Phi) is 8.47. The number of pyridine rings is 1. The summed E-state index contributed by atoms with van der Waals surface area (Å²) in [5.74, 6) is 6.62. The van der Waals surface area contributed by atoms with Crippen LogP contribution in [0, 0.1) is 6.92 Å². The van der Waals surface area contributed by atoms with E-state index in [1.165, 1.54) is 16.3 Å². The quantitative estimate of drug-likeness (QED) is 0.161. The molecule has 0 atom stereocenters. The highest BCUT2D eigenvalue weighted by molar-refractivity contribution is 5.97. The van der Waals surface area contributed by atoms with Gasteiger partial charge in [0, 0.05) is 56.4 Å². The van der Waals surface area contributed by atoms with E-state index in [0.29, 0.717) is 23.6 Å². The lowest BCUT2D eigenvalue weighted by Crippen LogP contribution is -2.47. The lowest BCUT2D eigenvalue weighted by Gasteiger charge is -2.38. The van der Waals surface area contributed by atoms with Crippen LogP contribution in [0.3, 0.4) is 0 Å². The first kappa shape index (κ1) is 27.0. The predicted octanol–water partition coefficient (Wildman–Crippen LogP) is 5.34. The molecular weight excluding hydrogens is 500 g/mol. The van der Waals surface area contributed by atoms with Crippen LogP contribution in [-0.4, -0.2) is 48.6 Å². The predicted molar refractivity (Wildman–Crippen MR) is 161 cm³/mol. The number of hydrogen-bond acceptors (Lipinski definition) is 7. The molecule has 40 heavy (non-hydrogen) atoms. The van der Waals surface area contributed by atoms with Gasteiger partial charge in [0.25, 0.3) is 5.91 Å². The largest absolute Gasteiger partial charge is 0.463 e. The van der Waals surface area contributed by atoms with Gasteiger partial charge < -0.3 is 19.5 Å². The summed E-state index contributed by atoms with van der Waals surface area (Å²) in [6.07, 6.45) is 6.76. The molecule has 1 amide bonds. The Bertz CT molecular complexity index is 1430. The van der Waals surface area contributed by atoms with Crippen molar-refractivity contribution in [2.75, 3.05) is 47.8 Å². The Hall–Kier alpha value is -4.56. The van der Waals surface area contributed by atoms with Crippen molar-refractivity contribution in [3.05, 3.63) is 114 Å². The first-order chi connectivity index (χ1) is 19.5. The summed E-state index contributed by atoms with van der Waals surface area (Å²) in [7, 11) is 0. The Morgan fingerprint density at radius 1 is 1.02 bits per heavy atom. The molecule has 2 aromatic carbocycles. The normalized spacial score (nSPS) is 13.2. The lowest BCUT2D eigenvalue weighted by molar-refractivity contribution is 0.0753. The van der Waals surface area contributed by atoms with Gasteiger partial charge in [0.2, 0.25) is 0 Å². The zero-order chi connectivity index (χ0) is 27.9. The van der Waals surface area contributed by atoms with Gasteiger partial charge in [-0.3, -0.25) is 14.8 Å². The number of nitrogens with two attached hydrogens (primary N) is 1. The number of piperazine rings is 1. The van der Waals surface area contributed by atoms with Crippen LogP contribution >= 0.6 is 0 Å². The van der Waals surface area contributed by atoms with Crippen molar-refractivity contribution >= 4 is 28.7 Å². The van der Waals surface area contributed by atoms with Crippen molar-refractivity contribution in [2.45, 2.75) is 19.8 Å². The maximum Gasteiger partial charge on any atom is 0.267 e. The molecule has 0 bridgehead atoms. The van der Waals surface area contributed by atoms with E-state index >= 15 is 0 Å². The molecule has 206 valence electrons. The van der Waals surface area contributed by atoms with E-state index in [-0.39, 0.29) is 5.91 Å². The summed E-state index contributed by atoms with van der Waals surface area (Å²) in [5, 5.41) is 4.69. The van der Waals surface area contributed by atoms with Gasteiger partial charge in [-0.1, -0.05) is 30.8 Å². The summed E-state index contributed by atoms with van der Waals surface area (Å²) in [6, 6.07) is 21.8. The van der Waals surface area contributed by atoms with E-state index in [1.54, 1.807) is 12.5 Å². The molecule has 8 nitrogen and oxygen atoms in total. The number of anilines is 3. The second-order valence-electron chi connectivity index (χ2n) is 10.0. The van der Waals surface area contributed by atoms with Crippen LogP contribution in [0.15, 0.2) is 96.4 Å². The fraction of sp³-hybridized carbons (Fsp3) is 0.250. The lowest BCUT2D eigenvalue weighted by atomic mass is 10.1. The number of nitrogens with zero attached hydrogens (tertiary/aromatic N) is 4. The molecule has 0 spiro atoms. The van der Waals surface area contributed by atoms with Crippen molar-refractivity contribution < 1.29 is 9.21 Å². The molecular formula is C32H36N6O2. The number of furan rings is 1. The van der Waals surface area contributed by atoms with E-state index in [2.05, 4.69) is 57.9 Å². The molecule has 4 aromatic rings. The van der Waals surface area contributed by atoms with Crippen LogP contribution in [0.4, 0.5) is 17.1 Å². The summed E-state index contributed by atoms with van der Waals surface area (Å²) in [6.45, 7) is 10.3. The number of nitrogens with one attached hydrogen (secondary N) is 1. The number of amides is 1. The topological polar surface area (TPSA) is 90.9 Å². The maximum absolute atomic E-state index is 13.3. The third-order valence-corrected chi connectivity index (χ3v) is 7.27. The number of aryl methyl sites for hydroxylation is 2. The van der Waals surface area contributed by atoms with Gasteiger partial charge >= 0.3 is 0 Å². The first-order valence-electron chi connectivity index (χ1n) is 13.6. The van der Waals surface area contributed by atoms with Crippen molar-refractivity contribution in [3.8, 4) is 0 Å². The fourth-order valence-electron chi connectivity index (χ4n) is 5.09. The molecule has 0 unspecified atom stereocenters. The molecule has 5 rings (SSSR count). The molecule has 0 saturated carbocycles. The average molecular weight is 537 g/mol. The maximum atomic E-state index is 13.3. The summed E-state index contributed by atoms with van der Waals surface area (Å²) in [4.78, 5) is 22.2. The number of carbonyl (C=O) groups is 1. The smallest absolute Gasteiger partial charge is 0.267 e. The van der Waals surface area contributed by atoms with E-state index in [1.807, 2.05) is 48.7 Å². The third-order valence-electron chi connectivity index (χ3n) is 7.27. The Morgan fingerprint density at radius 2 is 1.80 bits per heavy atom. The highest BCUT2D eigenvalue weighted by Gasteiger charge is 2.23. The molecule has 8 heteroatoms. The minimum atomic E-state index is -0.228. The monoisotopic (exact) mass is 536 g/mol. The molecule has 1 aliphatic rings. The minimum absolute atomic E-state index is 0.228. The zero-order valence-corrected chi connectivity index (χ0v) is 22.9. The SMILES string of the molecule is C=C(Nc1cc(C(=O)N(N)CCCc2cccnc2)ccc1N1CCN(c2ccccc2C)CC1)c1ccco1. The van der Waals surface area contributed by atoms with Crippen molar-refractivity contribution in [1.29, 1.82) is 0 Å². The van der Waals surface area contributed by atoms with Gasteiger partial charge in [0.05, 0.1) is 23.3 Å². The zero-order valence-electron chi connectivity index (χ0n) is 22.9. The molecule has 0 aliphatic carbocycles. The van der Waals surface area contributed by atoms with Crippen molar-refractivity contribution in [3.63, 3.8) is 0 Å². The summed E-state index contributed by atoms with van der Waals surface area (Å²) < 4.78 is 5.54. The highest BCUT2D eigenvalue weighted by atomic mass is 16.3. The number of para-hydroxylation sites is 1. The van der Waals surface area contributed by atoms with Gasteiger partial charge in [0.15, 0.2) is 0 Å². The second-order valence-corrected chi connectivity index (χ2v) is 10.0. The van der Waals surface area contributed by atoms with Gasteiger partial charge in [-0.25, -0.2) is 5.84 Å². The Balaban J connectivity index is 1.31. The number of benzene rings is 2. The van der Waals surface area contributed by atoms with Crippen molar-refractivity contribution in [2.24, 2.45) is 5.84 Å². The van der Waals surface area contributed by atoms with E-state index in [0.717, 1.165) is 56.0 Å². The van der Waals surface area contributed by atoms with Crippen molar-refractivity contribution in [1.82, 2.24) is 9.99 Å². The third kappa shape index (κ3) is 6.35. The average Bonchev–Trinajstić information content (AvgIpc) is 3.53. The van der Waals surface area contributed by atoms with E-state index in [9.17, 15) is 4.79 Å². The van der Waals surface area contributed by atoms with Crippen LogP contribution in [0.25, 0.3) is 5.70 Å². The van der Waals surface area contributed by atoms with Gasteiger partial charge in [-0.05, 0) is 73.4 Å². The number of aromatic nitrogens is 1. The number of hydrazine groups is 1. The van der Waals surface area contributed by atoms with Crippen LogP contribution in [0.5, 0.6) is 0 Å². The molecule has 3 heterocycles. The molecule has 1 saturated heterocycles. The Labute approximate surface area is 235 Å². The van der Waals surface area contributed by atoms with Crippen LogP contribution in [0.2, 0.25) is 0 Å². The number of rotatable bonds is 10. The number of carbonyl (C=O) groups excluding carboxylic acids is 1. The van der Waals surface area contributed by atoms with Gasteiger partial charge in [0.1, 0.15) is 5.76 Å². The first-order valence-corrected chi connectivity index (χ1v) is 13.6. The van der Waals surface area contributed by atoms with Crippen LogP contribution < -0.4 is 21.0 Å². The molecule has 0 radical (unpaired) electrons. The molecule has 2 aromatic heterocycles. The summed E-state index contributed by atoms with van der Waals surface area (Å²) in [5.41, 5.74) is 6.62.